The molecule has 0 aromatic carbocycles. The highest BCUT2D eigenvalue weighted by atomic mass is 79.9. The highest BCUT2D eigenvalue weighted by Gasteiger charge is 2.25. The van der Waals surface area contributed by atoms with E-state index in [-0.39, 0.29) is 10.0 Å². The van der Waals surface area contributed by atoms with Crippen LogP contribution in [0.5, 0.6) is 0 Å². The molecular formula is C9H10BrClN2O2S. The Morgan fingerprint density at radius 2 is 2.25 bits per heavy atom. The van der Waals surface area contributed by atoms with Crippen molar-refractivity contribution < 1.29 is 8.42 Å². The van der Waals surface area contributed by atoms with Crippen molar-refractivity contribution in [2.75, 3.05) is 6.54 Å². The van der Waals surface area contributed by atoms with Crippen LogP contribution in [-0.2, 0) is 10.0 Å². The molecule has 0 bridgehead atoms. The molecule has 1 N–H and O–H groups in total. The molecule has 0 radical (unpaired) electrons. The Labute approximate surface area is 108 Å². The molecule has 0 saturated heterocycles. The van der Waals surface area contributed by atoms with E-state index in [1.165, 1.54) is 12.3 Å². The summed E-state index contributed by atoms with van der Waals surface area (Å²) >= 11 is 8.93. The lowest BCUT2D eigenvalue weighted by Gasteiger charge is -2.07. The van der Waals surface area contributed by atoms with Crippen molar-refractivity contribution in [2.45, 2.75) is 17.7 Å². The van der Waals surface area contributed by atoms with Crippen molar-refractivity contribution in [1.82, 2.24) is 9.71 Å². The minimum Gasteiger partial charge on any atom is -0.242 e. The molecule has 0 spiro atoms. The quantitative estimate of drug-likeness (QED) is 0.863. The van der Waals surface area contributed by atoms with E-state index >= 15 is 0 Å². The van der Waals surface area contributed by atoms with E-state index in [0.717, 1.165) is 12.8 Å². The standard InChI is InChI=1S/C9H10BrClN2O2S/c10-7-3-8(9(11)12-5-7)16(14,15)13-4-6-1-2-6/h3,5-6,13H,1-2,4H2. The summed E-state index contributed by atoms with van der Waals surface area (Å²) in [5.41, 5.74) is 0. The monoisotopic (exact) mass is 324 g/mol. The summed E-state index contributed by atoms with van der Waals surface area (Å²) < 4.78 is 26.9. The summed E-state index contributed by atoms with van der Waals surface area (Å²) in [7, 11) is -3.54. The summed E-state index contributed by atoms with van der Waals surface area (Å²) in [5, 5.41) is -0.00787. The molecule has 2 rings (SSSR count). The Morgan fingerprint density at radius 1 is 1.56 bits per heavy atom. The molecule has 0 atom stereocenters. The zero-order valence-electron chi connectivity index (χ0n) is 8.28. The van der Waals surface area contributed by atoms with Gasteiger partial charge in [-0.2, -0.15) is 0 Å². The van der Waals surface area contributed by atoms with Gasteiger partial charge in [0.2, 0.25) is 10.0 Å². The van der Waals surface area contributed by atoms with Gasteiger partial charge in [0.25, 0.3) is 0 Å². The van der Waals surface area contributed by atoms with Crippen LogP contribution in [0.1, 0.15) is 12.8 Å². The fraction of sp³-hybridized carbons (Fsp3) is 0.444. The van der Waals surface area contributed by atoms with Gasteiger partial charge in [0.15, 0.2) is 0 Å². The Kier molecular flexibility index (Phi) is 3.53. The molecule has 4 nitrogen and oxygen atoms in total. The second kappa shape index (κ2) is 4.60. The minimum absolute atomic E-state index is 0.00787. The SMILES string of the molecule is O=S(=O)(NCC1CC1)c1cc(Br)cnc1Cl. The third kappa shape index (κ3) is 2.94. The molecule has 0 amide bonds. The fourth-order valence-electron chi connectivity index (χ4n) is 1.22. The molecule has 0 unspecified atom stereocenters. The summed E-state index contributed by atoms with van der Waals surface area (Å²) in [5.74, 6) is 0.480. The van der Waals surface area contributed by atoms with E-state index in [1.54, 1.807) is 0 Å². The predicted molar refractivity (Wildman–Crippen MR) is 64.9 cm³/mol. The number of rotatable bonds is 4. The molecule has 88 valence electrons. The van der Waals surface area contributed by atoms with Gasteiger partial charge >= 0.3 is 0 Å². The van der Waals surface area contributed by atoms with Crippen LogP contribution in [0, 0.1) is 5.92 Å². The molecule has 1 aliphatic carbocycles. The summed E-state index contributed by atoms with van der Waals surface area (Å²) in [6, 6.07) is 1.45. The molecular weight excluding hydrogens is 316 g/mol. The van der Waals surface area contributed by atoms with Crippen molar-refractivity contribution >= 4 is 37.6 Å². The molecule has 16 heavy (non-hydrogen) atoms. The topological polar surface area (TPSA) is 59.1 Å². The van der Waals surface area contributed by atoms with Gasteiger partial charge < -0.3 is 0 Å². The Bertz CT molecular complexity index is 502. The number of aromatic nitrogens is 1. The zero-order chi connectivity index (χ0) is 11.8. The number of halogens is 2. The molecule has 1 aliphatic rings. The second-order valence-electron chi connectivity index (χ2n) is 3.74. The maximum atomic E-state index is 11.9. The number of nitrogens with zero attached hydrogens (tertiary/aromatic N) is 1. The van der Waals surface area contributed by atoms with Crippen molar-refractivity contribution in [3.8, 4) is 0 Å². The van der Waals surface area contributed by atoms with Gasteiger partial charge in [0.05, 0.1) is 0 Å². The Morgan fingerprint density at radius 3 is 2.88 bits per heavy atom. The largest absolute Gasteiger partial charge is 0.243 e. The normalized spacial score (nSPS) is 16.4. The molecule has 7 heteroatoms. The first kappa shape index (κ1) is 12.3. The van der Waals surface area contributed by atoms with Gasteiger partial charge in [-0.25, -0.2) is 18.1 Å². The molecule has 1 aromatic heterocycles. The van der Waals surface area contributed by atoms with E-state index in [9.17, 15) is 8.42 Å². The van der Waals surface area contributed by atoms with Gasteiger partial charge in [-0.3, -0.25) is 0 Å². The van der Waals surface area contributed by atoms with Gasteiger partial charge in [0.1, 0.15) is 10.0 Å². The third-order valence-corrected chi connectivity index (χ3v) is 4.61. The van der Waals surface area contributed by atoms with Crippen molar-refractivity contribution in [1.29, 1.82) is 0 Å². The fourth-order valence-corrected chi connectivity index (χ4v) is 3.28. The van der Waals surface area contributed by atoms with Crippen LogP contribution in [0.15, 0.2) is 21.6 Å². The van der Waals surface area contributed by atoms with E-state index in [2.05, 4.69) is 25.6 Å². The zero-order valence-corrected chi connectivity index (χ0v) is 11.4. The number of hydrogen-bond donors (Lipinski definition) is 1. The van der Waals surface area contributed by atoms with Crippen molar-refractivity contribution in [3.05, 3.63) is 21.9 Å². The van der Waals surface area contributed by atoms with Crippen LogP contribution in [0.2, 0.25) is 5.15 Å². The van der Waals surface area contributed by atoms with E-state index < -0.39 is 10.0 Å². The first-order valence-corrected chi connectivity index (χ1v) is 7.45. The highest BCUT2D eigenvalue weighted by molar-refractivity contribution is 9.10. The Hall–Kier alpha value is -0.170. The van der Waals surface area contributed by atoms with E-state index in [1.807, 2.05) is 0 Å². The summed E-state index contributed by atoms with van der Waals surface area (Å²) in [6.07, 6.45) is 3.64. The number of hydrogen-bond acceptors (Lipinski definition) is 3. The highest BCUT2D eigenvalue weighted by Crippen LogP contribution is 2.29. The van der Waals surface area contributed by atoms with Gasteiger partial charge in [-0.1, -0.05) is 11.6 Å². The van der Waals surface area contributed by atoms with Crippen LogP contribution in [0.25, 0.3) is 0 Å². The van der Waals surface area contributed by atoms with Crippen molar-refractivity contribution in [2.24, 2.45) is 5.92 Å². The molecule has 0 aliphatic heterocycles. The van der Waals surface area contributed by atoms with Crippen LogP contribution in [0.4, 0.5) is 0 Å². The predicted octanol–water partition coefficient (Wildman–Crippen LogP) is 2.19. The number of pyridine rings is 1. The molecule has 1 saturated carbocycles. The van der Waals surface area contributed by atoms with Crippen LogP contribution in [0.3, 0.4) is 0 Å². The first-order chi connectivity index (χ1) is 7.49. The maximum Gasteiger partial charge on any atom is 0.243 e. The lowest BCUT2D eigenvalue weighted by Crippen LogP contribution is -2.26. The van der Waals surface area contributed by atoms with Gasteiger partial charge in [-0.15, -0.1) is 0 Å². The molecule has 1 heterocycles. The van der Waals surface area contributed by atoms with Gasteiger partial charge in [0, 0.05) is 17.2 Å². The van der Waals surface area contributed by atoms with E-state index in [4.69, 9.17) is 11.6 Å². The smallest absolute Gasteiger partial charge is 0.242 e. The number of sulfonamides is 1. The third-order valence-electron chi connectivity index (χ3n) is 2.32. The van der Waals surface area contributed by atoms with Gasteiger partial charge in [-0.05, 0) is 40.8 Å². The molecule has 1 fully saturated rings. The second-order valence-corrected chi connectivity index (χ2v) is 6.75. The lowest BCUT2D eigenvalue weighted by atomic mass is 10.4. The maximum absolute atomic E-state index is 11.9. The van der Waals surface area contributed by atoms with Crippen LogP contribution >= 0.6 is 27.5 Å². The Balaban J connectivity index is 2.22. The average molecular weight is 326 g/mol. The average Bonchev–Trinajstić information content (AvgIpc) is 3.02. The van der Waals surface area contributed by atoms with Crippen LogP contribution < -0.4 is 4.72 Å². The first-order valence-electron chi connectivity index (χ1n) is 4.80. The van der Waals surface area contributed by atoms with Crippen molar-refractivity contribution in [3.63, 3.8) is 0 Å². The molecule has 1 aromatic rings. The van der Waals surface area contributed by atoms with E-state index in [0.29, 0.717) is 16.9 Å². The van der Waals surface area contributed by atoms with Crippen LogP contribution in [-0.4, -0.2) is 19.9 Å². The summed E-state index contributed by atoms with van der Waals surface area (Å²) in [6.45, 7) is 0.477. The lowest BCUT2D eigenvalue weighted by molar-refractivity contribution is 0.577. The summed E-state index contributed by atoms with van der Waals surface area (Å²) in [4.78, 5) is 3.80. The minimum atomic E-state index is -3.54. The number of nitrogens with one attached hydrogen (secondary N) is 1.